The van der Waals surface area contributed by atoms with Gasteiger partial charge in [-0.05, 0) is 24.3 Å². The average Bonchev–Trinajstić information content (AvgIpc) is 2.42. The number of carbonyl (C=O) groups excluding carboxylic acids is 1. The molecule has 1 amide bonds. The van der Waals surface area contributed by atoms with E-state index in [4.69, 9.17) is 15.6 Å². The number of hydrogen-bond donors (Lipinski definition) is 2. The number of para-hydroxylation sites is 1. The van der Waals surface area contributed by atoms with E-state index in [2.05, 4.69) is 0 Å². The highest BCUT2D eigenvalue weighted by atomic mass is 19.1. The minimum absolute atomic E-state index is 0.0568. The first-order valence-corrected chi connectivity index (χ1v) is 5.69. The maximum absolute atomic E-state index is 13.7. The van der Waals surface area contributed by atoms with E-state index in [1.807, 2.05) is 0 Å². The van der Waals surface area contributed by atoms with E-state index in [1.165, 1.54) is 24.3 Å². The van der Waals surface area contributed by atoms with E-state index in [1.54, 1.807) is 0 Å². The molecule has 0 spiro atoms. The molecule has 2 aromatic carbocycles. The summed E-state index contributed by atoms with van der Waals surface area (Å²) in [5.74, 6) is -5.65. The molecule has 2 rings (SSSR count). The summed E-state index contributed by atoms with van der Waals surface area (Å²) in [4.78, 5) is 21.9. The van der Waals surface area contributed by atoms with Gasteiger partial charge in [-0.15, -0.1) is 0 Å². The van der Waals surface area contributed by atoms with Gasteiger partial charge in [-0.25, -0.2) is 13.6 Å². The quantitative estimate of drug-likeness (QED) is 0.906. The van der Waals surface area contributed by atoms with Crippen LogP contribution in [0.2, 0.25) is 0 Å². The van der Waals surface area contributed by atoms with Crippen LogP contribution < -0.4 is 10.5 Å². The van der Waals surface area contributed by atoms with Crippen LogP contribution in [0, 0.1) is 11.6 Å². The van der Waals surface area contributed by atoms with Crippen molar-refractivity contribution >= 4 is 11.9 Å². The molecule has 0 aliphatic heterocycles. The standard InChI is InChI=1S/C14H9F2NO4/c15-9-5-7(14(19)20)6-10(16)12(9)21-11-4-2-1-3-8(11)13(17)18/h1-6H,(H2,17,18)(H,19,20). The molecule has 0 aromatic heterocycles. The van der Waals surface area contributed by atoms with Gasteiger partial charge in [0.1, 0.15) is 5.75 Å². The van der Waals surface area contributed by atoms with Crippen LogP contribution in [0.4, 0.5) is 8.78 Å². The van der Waals surface area contributed by atoms with Gasteiger partial charge in [0, 0.05) is 0 Å². The number of aromatic carboxylic acids is 1. The number of carboxylic acids is 1. The van der Waals surface area contributed by atoms with Crippen molar-refractivity contribution in [3.8, 4) is 11.5 Å². The third-order valence-corrected chi connectivity index (χ3v) is 2.61. The molecule has 0 heterocycles. The molecular weight excluding hydrogens is 284 g/mol. The summed E-state index contributed by atoms with van der Waals surface area (Å²) < 4.78 is 32.5. The Kier molecular flexibility index (Phi) is 3.84. The molecule has 0 aliphatic rings. The zero-order valence-corrected chi connectivity index (χ0v) is 10.5. The van der Waals surface area contributed by atoms with Crippen molar-refractivity contribution < 1.29 is 28.2 Å². The summed E-state index contributed by atoms with van der Waals surface area (Å²) in [6, 6.07) is 6.88. The molecule has 0 unspecified atom stereocenters. The summed E-state index contributed by atoms with van der Waals surface area (Å²) in [6.07, 6.45) is 0. The van der Waals surface area contributed by atoms with Gasteiger partial charge in [0.2, 0.25) is 0 Å². The third kappa shape index (κ3) is 2.97. The fourth-order valence-corrected chi connectivity index (χ4v) is 1.65. The molecule has 3 N–H and O–H groups in total. The number of amides is 1. The highest BCUT2D eigenvalue weighted by Crippen LogP contribution is 2.30. The Bertz CT molecular complexity index is 708. The van der Waals surface area contributed by atoms with E-state index in [-0.39, 0.29) is 11.3 Å². The molecule has 0 fully saturated rings. The number of benzene rings is 2. The Hall–Kier alpha value is -2.96. The number of nitrogens with two attached hydrogens (primary N) is 1. The van der Waals surface area contributed by atoms with E-state index in [0.29, 0.717) is 12.1 Å². The van der Waals surface area contributed by atoms with Gasteiger partial charge in [-0.2, -0.15) is 0 Å². The summed E-state index contributed by atoms with van der Waals surface area (Å²) in [5.41, 5.74) is 4.51. The second-order valence-electron chi connectivity index (χ2n) is 4.04. The number of hydrogen-bond acceptors (Lipinski definition) is 3. The van der Waals surface area contributed by atoms with Crippen molar-refractivity contribution in [3.05, 3.63) is 59.2 Å². The lowest BCUT2D eigenvalue weighted by Crippen LogP contribution is -2.12. The summed E-state index contributed by atoms with van der Waals surface area (Å²) in [6.45, 7) is 0. The number of rotatable bonds is 4. The van der Waals surface area contributed by atoms with Gasteiger partial charge in [0.25, 0.3) is 5.91 Å². The van der Waals surface area contributed by atoms with Crippen LogP contribution in [0.15, 0.2) is 36.4 Å². The summed E-state index contributed by atoms with van der Waals surface area (Å²) in [7, 11) is 0. The molecule has 0 atom stereocenters. The fraction of sp³-hybridized carbons (Fsp3) is 0. The maximum Gasteiger partial charge on any atom is 0.335 e. The van der Waals surface area contributed by atoms with Gasteiger partial charge >= 0.3 is 5.97 Å². The molecule has 0 saturated heterocycles. The molecule has 0 bridgehead atoms. The van der Waals surface area contributed by atoms with Gasteiger partial charge in [0.15, 0.2) is 17.4 Å². The topological polar surface area (TPSA) is 89.6 Å². The predicted octanol–water partition coefficient (Wildman–Crippen LogP) is 2.55. The summed E-state index contributed by atoms with van der Waals surface area (Å²) >= 11 is 0. The van der Waals surface area contributed by atoms with Crippen molar-refractivity contribution in [3.63, 3.8) is 0 Å². The number of halogens is 2. The highest BCUT2D eigenvalue weighted by molar-refractivity contribution is 5.95. The zero-order valence-electron chi connectivity index (χ0n) is 10.5. The molecule has 108 valence electrons. The smallest absolute Gasteiger partial charge is 0.335 e. The first-order chi connectivity index (χ1) is 9.90. The third-order valence-electron chi connectivity index (χ3n) is 2.61. The van der Waals surface area contributed by atoms with Gasteiger partial charge in [0.05, 0.1) is 11.1 Å². The molecule has 0 radical (unpaired) electrons. The molecule has 0 saturated carbocycles. The largest absolute Gasteiger partial charge is 0.478 e. The molecular formula is C14H9F2NO4. The van der Waals surface area contributed by atoms with Crippen LogP contribution in [-0.4, -0.2) is 17.0 Å². The van der Waals surface area contributed by atoms with Crippen LogP contribution in [0.25, 0.3) is 0 Å². The SMILES string of the molecule is NC(=O)c1ccccc1Oc1c(F)cc(C(=O)O)cc1F. The van der Waals surface area contributed by atoms with Gasteiger partial charge in [-0.1, -0.05) is 12.1 Å². The first kappa shape index (κ1) is 14.4. The normalized spacial score (nSPS) is 10.2. The maximum atomic E-state index is 13.7. The van der Waals surface area contributed by atoms with E-state index < -0.39 is 34.8 Å². The number of carboxylic acid groups (broad SMARTS) is 1. The predicted molar refractivity (Wildman–Crippen MR) is 68.4 cm³/mol. The Labute approximate surface area is 117 Å². The van der Waals surface area contributed by atoms with Crippen LogP contribution in [-0.2, 0) is 0 Å². The van der Waals surface area contributed by atoms with Crippen LogP contribution in [0.1, 0.15) is 20.7 Å². The Balaban J connectivity index is 2.46. The monoisotopic (exact) mass is 293 g/mol. The van der Waals surface area contributed by atoms with E-state index in [0.717, 1.165) is 0 Å². The summed E-state index contributed by atoms with van der Waals surface area (Å²) in [5, 5.41) is 8.70. The fourth-order valence-electron chi connectivity index (χ4n) is 1.65. The average molecular weight is 293 g/mol. The number of carbonyl (C=O) groups is 2. The minimum Gasteiger partial charge on any atom is -0.478 e. The van der Waals surface area contributed by atoms with Crippen molar-refractivity contribution in [2.75, 3.05) is 0 Å². The van der Waals surface area contributed by atoms with E-state index >= 15 is 0 Å². The molecule has 0 aliphatic carbocycles. The zero-order chi connectivity index (χ0) is 15.6. The van der Waals surface area contributed by atoms with Crippen LogP contribution in [0.5, 0.6) is 11.5 Å². The first-order valence-electron chi connectivity index (χ1n) is 5.69. The Morgan fingerprint density at radius 3 is 2.19 bits per heavy atom. The molecule has 7 heteroatoms. The van der Waals surface area contributed by atoms with Crippen molar-refractivity contribution in [2.45, 2.75) is 0 Å². The highest BCUT2D eigenvalue weighted by Gasteiger charge is 2.18. The molecule has 5 nitrogen and oxygen atoms in total. The minimum atomic E-state index is -1.48. The van der Waals surface area contributed by atoms with Crippen LogP contribution >= 0.6 is 0 Å². The lowest BCUT2D eigenvalue weighted by Gasteiger charge is -2.11. The van der Waals surface area contributed by atoms with Crippen molar-refractivity contribution in [1.29, 1.82) is 0 Å². The lowest BCUT2D eigenvalue weighted by atomic mass is 10.2. The number of ether oxygens (including phenoxy) is 1. The van der Waals surface area contributed by atoms with E-state index in [9.17, 15) is 18.4 Å². The molecule has 2 aromatic rings. The van der Waals surface area contributed by atoms with Gasteiger partial charge < -0.3 is 15.6 Å². The Morgan fingerprint density at radius 1 is 1.10 bits per heavy atom. The van der Waals surface area contributed by atoms with Crippen molar-refractivity contribution in [1.82, 2.24) is 0 Å². The molecule has 21 heavy (non-hydrogen) atoms. The van der Waals surface area contributed by atoms with Crippen molar-refractivity contribution in [2.24, 2.45) is 5.73 Å². The second-order valence-corrected chi connectivity index (χ2v) is 4.04. The number of primary amides is 1. The van der Waals surface area contributed by atoms with Crippen LogP contribution in [0.3, 0.4) is 0 Å². The Morgan fingerprint density at radius 2 is 1.67 bits per heavy atom. The second kappa shape index (κ2) is 5.58. The lowest BCUT2D eigenvalue weighted by molar-refractivity contribution is 0.0695. The van der Waals surface area contributed by atoms with Gasteiger partial charge in [-0.3, -0.25) is 4.79 Å².